The lowest BCUT2D eigenvalue weighted by molar-refractivity contribution is 0.101. The molecule has 3 heteroatoms. The van der Waals surface area contributed by atoms with Gasteiger partial charge in [-0.3, -0.25) is 9.10 Å². The maximum atomic E-state index is 12.1. The van der Waals surface area contributed by atoms with E-state index in [-0.39, 0.29) is 5.91 Å². The molecule has 0 unspecified atom stereocenters. The number of hydrogen-bond acceptors (Lipinski definition) is 2. The Kier molecular flexibility index (Phi) is 6.16. The third-order valence-electron chi connectivity index (χ3n) is 2.46. The van der Waals surface area contributed by atoms with Crippen molar-refractivity contribution in [2.45, 2.75) is 20.8 Å². The van der Waals surface area contributed by atoms with Gasteiger partial charge in [-0.2, -0.15) is 0 Å². The van der Waals surface area contributed by atoms with Gasteiger partial charge in [-0.15, -0.1) is 0 Å². The average Bonchev–Trinajstić information content (AvgIpc) is 2.48. The number of anilines is 1. The van der Waals surface area contributed by atoms with Crippen molar-refractivity contribution in [3.63, 3.8) is 0 Å². The molecule has 2 rings (SSSR count). The van der Waals surface area contributed by atoms with Gasteiger partial charge in [0, 0.05) is 5.56 Å². The fraction of sp³-hybridized carbons (Fsp3) is 0.188. The quantitative estimate of drug-likeness (QED) is 0.798. The summed E-state index contributed by atoms with van der Waals surface area (Å²) in [4.78, 5) is 12.1. The zero-order chi connectivity index (χ0) is 14.3. The first-order valence-electron chi connectivity index (χ1n) is 6.33. The summed E-state index contributed by atoms with van der Waals surface area (Å²) < 4.78 is 1.36. The van der Waals surface area contributed by atoms with Gasteiger partial charge in [0.15, 0.2) is 0 Å². The summed E-state index contributed by atoms with van der Waals surface area (Å²) in [6.07, 6.45) is 0. The fourth-order valence-corrected chi connectivity index (χ4v) is 1.84. The summed E-state index contributed by atoms with van der Waals surface area (Å²) in [6.45, 7) is 5.96. The van der Waals surface area contributed by atoms with E-state index in [0.29, 0.717) is 5.56 Å². The maximum Gasteiger partial charge on any atom is 0.268 e. The van der Waals surface area contributed by atoms with Gasteiger partial charge in [-0.05, 0) is 31.2 Å². The minimum Gasteiger partial charge on any atom is -0.268 e. The van der Waals surface area contributed by atoms with Gasteiger partial charge in [-0.25, -0.2) is 0 Å². The van der Waals surface area contributed by atoms with Crippen molar-refractivity contribution < 1.29 is 4.79 Å². The summed E-state index contributed by atoms with van der Waals surface area (Å²) >= 11 is 4.24. The SMILES string of the molecule is CC.Cc1cccc(C(=O)N(S)c2ccccc2)c1. The summed E-state index contributed by atoms with van der Waals surface area (Å²) in [5.74, 6) is -0.122. The minimum atomic E-state index is -0.122. The van der Waals surface area contributed by atoms with Gasteiger partial charge in [0.25, 0.3) is 5.91 Å². The Balaban J connectivity index is 0.000000861. The van der Waals surface area contributed by atoms with Crippen LogP contribution in [0.3, 0.4) is 0 Å². The number of carbonyl (C=O) groups excluding carboxylic acids is 1. The highest BCUT2D eigenvalue weighted by Crippen LogP contribution is 2.18. The first-order valence-corrected chi connectivity index (χ1v) is 6.73. The molecule has 2 aromatic carbocycles. The molecule has 1 amide bonds. The van der Waals surface area contributed by atoms with Crippen LogP contribution >= 0.6 is 12.8 Å². The highest BCUT2D eigenvalue weighted by Gasteiger charge is 2.13. The highest BCUT2D eigenvalue weighted by atomic mass is 32.1. The number of nitrogens with zero attached hydrogens (tertiary/aromatic N) is 1. The van der Waals surface area contributed by atoms with Crippen LogP contribution in [0.25, 0.3) is 0 Å². The fourth-order valence-electron chi connectivity index (χ4n) is 1.59. The molecule has 0 N–H and O–H groups in total. The van der Waals surface area contributed by atoms with Crippen LogP contribution in [0.4, 0.5) is 5.69 Å². The highest BCUT2D eigenvalue weighted by molar-refractivity contribution is 7.82. The summed E-state index contributed by atoms with van der Waals surface area (Å²) in [7, 11) is 0. The second kappa shape index (κ2) is 7.64. The van der Waals surface area contributed by atoms with E-state index < -0.39 is 0 Å². The molecule has 0 bridgehead atoms. The van der Waals surface area contributed by atoms with Crippen molar-refractivity contribution >= 4 is 24.4 Å². The van der Waals surface area contributed by atoms with E-state index in [1.54, 1.807) is 6.07 Å². The van der Waals surface area contributed by atoms with Crippen molar-refractivity contribution in [2.24, 2.45) is 0 Å². The van der Waals surface area contributed by atoms with Gasteiger partial charge in [-0.1, -0.05) is 62.6 Å². The van der Waals surface area contributed by atoms with Crippen LogP contribution < -0.4 is 4.31 Å². The van der Waals surface area contributed by atoms with Crippen LogP contribution in [0.15, 0.2) is 54.6 Å². The van der Waals surface area contributed by atoms with Gasteiger partial charge in [0.1, 0.15) is 0 Å². The standard InChI is InChI=1S/C14H13NOS.C2H6/c1-11-6-5-7-12(10-11)14(16)15(17)13-8-3-2-4-9-13;1-2/h2-10,17H,1H3;1-2H3. The number of benzene rings is 2. The summed E-state index contributed by atoms with van der Waals surface area (Å²) in [6, 6.07) is 16.8. The Morgan fingerprint density at radius 2 is 1.63 bits per heavy atom. The molecule has 19 heavy (non-hydrogen) atoms. The number of carbonyl (C=O) groups is 1. The zero-order valence-corrected chi connectivity index (χ0v) is 12.4. The normalized spacial score (nSPS) is 9.26. The number of aryl methyl sites for hydroxylation is 1. The molecule has 0 atom stereocenters. The molecule has 0 aliphatic heterocycles. The molecule has 0 aliphatic rings. The van der Waals surface area contributed by atoms with Crippen molar-refractivity contribution in [1.82, 2.24) is 0 Å². The van der Waals surface area contributed by atoms with Crippen molar-refractivity contribution in [1.29, 1.82) is 0 Å². The smallest absolute Gasteiger partial charge is 0.268 e. The third kappa shape index (κ3) is 4.14. The van der Waals surface area contributed by atoms with Crippen LogP contribution in [-0.2, 0) is 0 Å². The lowest BCUT2D eigenvalue weighted by Gasteiger charge is -2.15. The van der Waals surface area contributed by atoms with E-state index in [4.69, 9.17) is 0 Å². The summed E-state index contributed by atoms with van der Waals surface area (Å²) in [5, 5.41) is 0. The number of rotatable bonds is 2. The molecule has 0 fully saturated rings. The lowest BCUT2D eigenvalue weighted by atomic mass is 10.1. The molecular weight excluding hydrogens is 254 g/mol. The first-order chi connectivity index (χ1) is 9.18. The molecule has 100 valence electrons. The predicted molar refractivity (Wildman–Crippen MR) is 84.8 cm³/mol. The number of para-hydroxylation sites is 1. The second-order valence-electron chi connectivity index (χ2n) is 3.82. The van der Waals surface area contributed by atoms with E-state index in [1.165, 1.54) is 4.31 Å². The third-order valence-corrected chi connectivity index (χ3v) is 2.87. The van der Waals surface area contributed by atoms with Gasteiger partial charge < -0.3 is 0 Å². The van der Waals surface area contributed by atoms with Gasteiger partial charge >= 0.3 is 0 Å². The minimum absolute atomic E-state index is 0.122. The van der Waals surface area contributed by atoms with E-state index in [2.05, 4.69) is 12.8 Å². The Bertz CT molecular complexity index is 525. The monoisotopic (exact) mass is 273 g/mol. The molecule has 2 aromatic rings. The van der Waals surface area contributed by atoms with Crippen LogP contribution in [-0.4, -0.2) is 5.91 Å². The molecule has 0 aliphatic carbocycles. The lowest BCUT2D eigenvalue weighted by Crippen LogP contribution is -2.20. The Morgan fingerprint density at radius 1 is 1.00 bits per heavy atom. The van der Waals surface area contributed by atoms with E-state index in [1.807, 2.05) is 69.3 Å². The topological polar surface area (TPSA) is 20.3 Å². The Hall–Kier alpha value is -1.74. The van der Waals surface area contributed by atoms with E-state index in [0.717, 1.165) is 11.3 Å². The molecule has 0 saturated carbocycles. The second-order valence-corrected chi connectivity index (χ2v) is 4.22. The van der Waals surface area contributed by atoms with E-state index >= 15 is 0 Å². The Morgan fingerprint density at radius 3 is 2.21 bits per heavy atom. The number of thiol groups is 1. The molecular formula is C16H19NOS. The Labute approximate surface area is 120 Å². The van der Waals surface area contributed by atoms with Crippen LogP contribution in [0, 0.1) is 6.92 Å². The molecule has 0 saturated heterocycles. The van der Waals surface area contributed by atoms with Crippen molar-refractivity contribution in [2.75, 3.05) is 4.31 Å². The zero-order valence-electron chi connectivity index (χ0n) is 11.5. The molecule has 0 aromatic heterocycles. The predicted octanol–water partition coefficient (Wildman–Crippen LogP) is 4.51. The van der Waals surface area contributed by atoms with Gasteiger partial charge in [0.05, 0.1) is 5.69 Å². The average molecular weight is 273 g/mol. The maximum absolute atomic E-state index is 12.1. The van der Waals surface area contributed by atoms with Crippen LogP contribution in [0.1, 0.15) is 29.8 Å². The van der Waals surface area contributed by atoms with Gasteiger partial charge in [0.2, 0.25) is 0 Å². The number of amides is 1. The van der Waals surface area contributed by atoms with Crippen LogP contribution in [0.2, 0.25) is 0 Å². The molecule has 2 nitrogen and oxygen atoms in total. The molecule has 0 spiro atoms. The van der Waals surface area contributed by atoms with Crippen molar-refractivity contribution in [3.8, 4) is 0 Å². The number of hydrogen-bond donors (Lipinski definition) is 1. The molecule has 0 radical (unpaired) electrons. The molecule has 0 heterocycles. The van der Waals surface area contributed by atoms with Crippen LogP contribution in [0.5, 0.6) is 0 Å². The van der Waals surface area contributed by atoms with Crippen molar-refractivity contribution in [3.05, 3.63) is 65.7 Å². The first kappa shape index (κ1) is 15.3. The van der Waals surface area contributed by atoms with E-state index in [9.17, 15) is 4.79 Å². The summed E-state index contributed by atoms with van der Waals surface area (Å²) in [5.41, 5.74) is 2.47. The largest absolute Gasteiger partial charge is 0.268 e.